The van der Waals surface area contributed by atoms with E-state index in [4.69, 9.17) is 20.5 Å². The Morgan fingerprint density at radius 2 is 2.00 bits per heavy atom. The van der Waals surface area contributed by atoms with E-state index in [1.165, 1.54) is 5.56 Å². The standard InChI is InChI=1S/C18H23N3O2/c1-11-16(19)21-18(20-11)15-9-13(22)4-3-12(15)10-17(18)7-5-14(23-2)6-8-17/h3-4,9,14,22H,5-8,10H2,1-2H3,(H2,19,21)/t14?,17?,18-/m0/s1. The van der Waals surface area contributed by atoms with E-state index in [9.17, 15) is 5.11 Å². The molecule has 4 rings (SSSR count). The third kappa shape index (κ3) is 1.89. The zero-order valence-corrected chi connectivity index (χ0v) is 13.7. The molecule has 1 aromatic rings. The minimum absolute atomic E-state index is 0.0550. The van der Waals surface area contributed by atoms with Crippen LogP contribution in [0.25, 0.3) is 0 Å². The molecule has 122 valence electrons. The van der Waals surface area contributed by atoms with Crippen molar-refractivity contribution in [2.75, 3.05) is 7.11 Å². The normalized spacial score (nSPS) is 35.5. The summed E-state index contributed by atoms with van der Waals surface area (Å²) in [5.74, 6) is 0.786. The van der Waals surface area contributed by atoms with Crippen molar-refractivity contribution in [1.82, 2.24) is 0 Å². The van der Waals surface area contributed by atoms with Crippen molar-refractivity contribution in [3.63, 3.8) is 0 Å². The van der Waals surface area contributed by atoms with Crippen LogP contribution in [0.15, 0.2) is 28.2 Å². The maximum atomic E-state index is 9.99. The Morgan fingerprint density at radius 3 is 2.61 bits per heavy atom. The lowest BCUT2D eigenvalue weighted by Crippen LogP contribution is -2.43. The third-order valence-corrected chi connectivity index (χ3v) is 5.94. The topological polar surface area (TPSA) is 80.2 Å². The van der Waals surface area contributed by atoms with E-state index in [2.05, 4.69) is 0 Å². The molecule has 1 heterocycles. The Kier molecular flexibility index (Phi) is 3.07. The predicted molar refractivity (Wildman–Crippen MR) is 89.9 cm³/mol. The van der Waals surface area contributed by atoms with Crippen molar-refractivity contribution in [3.8, 4) is 5.75 Å². The van der Waals surface area contributed by atoms with Crippen LogP contribution in [0.5, 0.6) is 5.75 Å². The number of ether oxygens (including phenoxy) is 1. The highest BCUT2D eigenvalue weighted by molar-refractivity contribution is 6.41. The van der Waals surface area contributed by atoms with Crippen molar-refractivity contribution in [1.29, 1.82) is 0 Å². The van der Waals surface area contributed by atoms with Crippen molar-refractivity contribution in [2.24, 2.45) is 21.1 Å². The van der Waals surface area contributed by atoms with Gasteiger partial charge in [-0.2, -0.15) is 0 Å². The molecule has 0 unspecified atom stereocenters. The molecule has 3 N–H and O–H groups in total. The van der Waals surface area contributed by atoms with Crippen molar-refractivity contribution in [2.45, 2.75) is 50.8 Å². The summed E-state index contributed by atoms with van der Waals surface area (Å²) in [6.07, 6.45) is 5.31. The molecule has 2 aliphatic carbocycles. The Labute approximate surface area is 136 Å². The average molecular weight is 313 g/mol. The van der Waals surface area contributed by atoms with E-state index in [0.29, 0.717) is 11.9 Å². The molecule has 3 aliphatic rings. The molecular weight excluding hydrogens is 290 g/mol. The number of amidine groups is 1. The fourth-order valence-corrected chi connectivity index (χ4v) is 4.66. The van der Waals surface area contributed by atoms with Crippen LogP contribution < -0.4 is 5.73 Å². The van der Waals surface area contributed by atoms with Crippen LogP contribution in [-0.2, 0) is 16.8 Å². The molecule has 5 heteroatoms. The molecule has 1 aromatic carbocycles. The zero-order chi connectivity index (χ0) is 16.2. The van der Waals surface area contributed by atoms with Crippen molar-refractivity contribution < 1.29 is 9.84 Å². The lowest BCUT2D eigenvalue weighted by atomic mass is 9.65. The first-order valence-corrected chi connectivity index (χ1v) is 8.27. The molecule has 1 fully saturated rings. The third-order valence-electron chi connectivity index (χ3n) is 5.94. The molecule has 0 aromatic heterocycles. The second-order valence-electron chi connectivity index (χ2n) is 7.10. The summed E-state index contributed by atoms with van der Waals surface area (Å²) in [5, 5.41) is 9.99. The number of phenolic OH excluding ortho intramolecular Hbond substituents is 1. The maximum Gasteiger partial charge on any atom is 0.184 e. The van der Waals surface area contributed by atoms with E-state index < -0.39 is 5.66 Å². The van der Waals surface area contributed by atoms with Crippen LogP contribution in [0, 0.1) is 5.41 Å². The molecule has 0 radical (unpaired) electrons. The Bertz CT molecular complexity index is 697. The number of hydrogen-bond acceptors (Lipinski definition) is 5. The highest BCUT2D eigenvalue weighted by atomic mass is 16.5. The van der Waals surface area contributed by atoms with E-state index >= 15 is 0 Å². The largest absolute Gasteiger partial charge is 0.508 e. The summed E-state index contributed by atoms with van der Waals surface area (Å²) in [6.45, 7) is 1.92. The Balaban J connectivity index is 1.86. The van der Waals surface area contributed by atoms with Crippen molar-refractivity contribution >= 4 is 11.5 Å². The number of hydrogen-bond donors (Lipinski definition) is 2. The summed E-state index contributed by atoms with van der Waals surface area (Å²) in [4.78, 5) is 9.80. The van der Waals surface area contributed by atoms with Crippen LogP contribution in [-0.4, -0.2) is 29.9 Å². The quantitative estimate of drug-likeness (QED) is 0.836. The van der Waals surface area contributed by atoms with Gasteiger partial charge in [-0.3, -0.25) is 4.99 Å². The predicted octanol–water partition coefficient (Wildman–Crippen LogP) is 2.51. The molecule has 0 amide bonds. The summed E-state index contributed by atoms with van der Waals surface area (Å²) in [5.41, 5.74) is 8.44. The van der Waals surface area contributed by atoms with Crippen LogP contribution >= 0.6 is 0 Å². The fraction of sp³-hybridized carbons (Fsp3) is 0.556. The second-order valence-corrected chi connectivity index (χ2v) is 7.10. The van der Waals surface area contributed by atoms with E-state index in [1.54, 1.807) is 13.2 Å². The fourth-order valence-electron chi connectivity index (χ4n) is 4.66. The highest BCUT2D eigenvalue weighted by Gasteiger charge is 2.60. The monoisotopic (exact) mass is 313 g/mol. The van der Waals surface area contributed by atoms with Gasteiger partial charge in [0.1, 0.15) is 11.6 Å². The minimum Gasteiger partial charge on any atom is -0.508 e. The summed E-state index contributed by atoms with van der Waals surface area (Å²) >= 11 is 0. The molecule has 5 nitrogen and oxygen atoms in total. The van der Waals surface area contributed by atoms with Gasteiger partial charge in [0.25, 0.3) is 0 Å². The van der Waals surface area contributed by atoms with Gasteiger partial charge in [-0.05, 0) is 56.7 Å². The van der Waals surface area contributed by atoms with E-state index in [0.717, 1.165) is 43.4 Å². The van der Waals surface area contributed by atoms with Gasteiger partial charge in [0.05, 0.1) is 11.8 Å². The van der Waals surface area contributed by atoms with Gasteiger partial charge in [0.2, 0.25) is 0 Å². The number of nitrogens with two attached hydrogens (primary N) is 1. The van der Waals surface area contributed by atoms with Gasteiger partial charge in [-0.15, -0.1) is 0 Å². The molecule has 1 saturated carbocycles. The number of methoxy groups -OCH3 is 1. The van der Waals surface area contributed by atoms with Crippen LogP contribution in [0.3, 0.4) is 0 Å². The SMILES string of the molecule is COC1CCC2(CC1)Cc1ccc(O)cc1[C@@]21N=C(C)C(N)=N1. The van der Waals surface area contributed by atoms with E-state index in [-0.39, 0.29) is 11.2 Å². The van der Waals surface area contributed by atoms with Crippen molar-refractivity contribution in [3.05, 3.63) is 29.3 Å². The molecule has 2 spiro atoms. The van der Waals surface area contributed by atoms with Gasteiger partial charge < -0.3 is 15.6 Å². The van der Waals surface area contributed by atoms with Gasteiger partial charge in [-0.1, -0.05) is 6.07 Å². The first-order valence-electron chi connectivity index (χ1n) is 8.27. The molecular formula is C18H23N3O2. The van der Waals surface area contributed by atoms with Gasteiger partial charge in [0.15, 0.2) is 5.66 Å². The number of nitrogens with zero attached hydrogens (tertiary/aromatic N) is 2. The number of benzene rings is 1. The zero-order valence-electron chi connectivity index (χ0n) is 13.7. The first-order chi connectivity index (χ1) is 11.0. The number of aliphatic imine (C=N–C) groups is 2. The van der Waals surface area contributed by atoms with Crippen LogP contribution in [0.1, 0.15) is 43.7 Å². The lowest BCUT2D eigenvalue weighted by Gasteiger charge is -2.44. The first kappa shape index (κ1) is 14.7. The van der Waals surface area contributed by atoms with Gasteiger partial charge in [-0.25, -0.2) is 4.99 Å². The van der Waals surface area contributed by atoms with Crippen LogP contribution in [0.2, 0.25) is 0 Å². The Morgan fingerprint density at radius 1 is 1.26 bits per heavy atom. The second kappa shape index (κ2) is 4.81. The average Bonchev–Trinajstić information content (AvgIpc) is 2.97. The Hall–Kier alpha value is -1.88. The van der Waals surface area contributed by atoms with E-state index in [1.807, 2.05) is 19.1 Å². The number of rotatable bonds is 1. The lowest BCUT2D eigenvalue weighted by molar-refractivity contribution is -0.000397. The molecule has 23 heavy (non-hydrogen) atoms. The molecule has 0 saturated heterocycles. The van der Waals surface area contributed by atoms with Crippen LogP contribution in [0.4, 0.5) is 0 Å². The minimum atomic E-state index is -0.659. The summed E-state index contributed by atoms with van der Waals surface area (Å²) < 4.78 is 5.55. The molecule has 1 aliphatic heterocycles. The molecule has 1 atom stereocenters. The summed E-state index contributed by atoms with van der Waals surface area (Å²) in [6, 6.07) is 5.59. The molecule has 0 bridgehead atoms. The number of phenols is 1. The summed E-state index contributed by atoms with van der Waals surface area (Å²) in [7, 11) is 1.79. The smallest absolute Gasteiger partial charge is 0.184 e. The number of aromatic hydroxyl groups is 1. The van der Waals surface area contributed by atoms with Gasteiger partial charge in [0, 0.05) is 18.1 Å². The maximum absolute atomic E-state index is 9.99. The highest BCUT2D eigenvalue weighted by Crippen LogP contribution is 2.62. The van der Waals surface area contributed by atoms with Gasteiger partial charge >= 0.3 is 0 Å². The number of fused-ring (bicyclic) bond motifs is 3.